The second kappa shape index (κ2) is 7.32. The van der Waals surface area contributed by atoms with Crippen LogP contribution in [0.3, 0.4) is 0 Å². The van der Waals surface area contributed by atoms with E-state index >= 15 is 0 Å². The lowest BCUT2D eigenvalue weighted by Crippen LogP contribution is -2.51. The fourth-order valence-corrected chi connectivity index (χ4v) is 3.65. The van der Waals surface area contributed by atoms with E-state index in [4.69, 9.17) is 4.74 Å². The van der Waals surface area contributed by atoms with E-state index in [9.17, 15) is 14.4 Å². The molecule has 0 spiro atoms. The molecular weight excluding hydrogens is 332 g/mol. The number of para-hydroxylation sites is 1. The Morgan fingerprint density at radius 3 is 2.54 bits per heavy atom. The van der Waals surface area contributed by atoms with Gasteiger partial charge in [0.05, 0.1) is 0 Å². The first kappa shape index (κ1) is 18.2. The van der Waals surface area contributed by atoms with Crippen LogP contribution in [0.5, 0.6) is 0 Å². The number of rotatable bonds is 3. The van der Waals surface area contributed by atoms with E-state index in [-0.39, 0.29) is 29.1 Å². The molecule has 1 aliphatic heterocycles. The Labute approximate surface area is 152 Å². The molecule has 3 atom stereocenters. The normalized spacial score (nSPS) is 21.4. The van der Waals surface area contributed by atoms with Gasteiger partial charge < -0.3 is 14.6 Å². The van der Waals surface area contributed by atoms with Crippen LogP contribution in [-0.4, -0.2) is 39.9 Å². The van der Waals surface area contributed by atoms with Crippen LogP contribution in [0.15, 0.2) is 35.1 Å². The highest BCUT2D eigenvalue weighted by molar-refractivity contribution is 5.93. The fourth-order valence-electron chi connectivity index (χ4n) is 3.65. The zero-order valence-electron chi connectivity index (χ0n) is 15.3. The largest absolute Gasteiger partial charge is 0.448 e. The van der Waals surface area contributed by atoms with Crippen molar-refractivity contribution in [3.05, 3.63) is 46.2 Å². The van der Waals surface area contributed by atoms with Gasteiger partial charge in [-0.25, -0.2) is 4.79 Å². The van der Waals surface area contributed by atoms with Crippen molar-refractivity contribution in [3.63, 3.8) is 0 Å². The number of nitrogens with one attached hydrogen (secondary N) is 1. The Kier molecular flexibility index (Phi) is 5.11. The summed E-state index contributed by atoms with van der Waals surface area (Å²) in [5.74, 6) is -0.896. The number of esters is 1. The summed E-state index contributed by atoms with van der Waals surface area (Å²) in [5, 5.41) is 0.504. The number of hydrogen-bond acceptors (Lipinski definition) is 4. The second-order valence-electron chi connectivity index (χ2n) is 7.01. The van der Waals surface area contributed by atoms with Gasteiger partial charge in [-0.15, -0.1) is 0 Å². The van der Waals surface area contributed by atoms with Crippen molar-refractivity contribution in [1.29, 1.82) is 0 Å². The minimum Gasteiger partial charge on any atom is -0.448 e. The Balaban J connectivity index is 1.77. The second-order valence-corrected chi connectivity index (χ2v) is 7.01. The summed E-state index contributed by atoms with van der Waals surface area (Å²) in [5.41, 5.74) is 0.348. The van der Waals surface area contributed by atoms with E-state index in [1.807, 2.05) is 18.7 Å². The van der Waals surface area contributed by atoms with Crippen LogP contribution >= 0.6 is 0 Å². The first-order valence-corrected chi connectivity index (χ1v) is 9.03. The quantitative estimate of drug-likeness (QED) is 0.858. The highest BCUT2D eigenvalue weighted by atomic mass is 16.5. The molecule has 6 nitrogen and oxygen atoms in total. The van der Waals surface area contributed by atoms with Crippen molar-refractivity contribution < 1.29 is 14.3 Å². The Bertz CT molecular complexity index is 879. The molecule has 1 aromatic carbocycles. The van der Waals surface area contributed by atoms with Gasteiger partial charge in [0.1, 0.15) is 5.69 Å². The number of fused-ring (bicyclic) bond motifs is 1. The molecule has 1 saturated heterocycles. The maximum atomic E-state index is 12.7. The van der Waals surface area contributed by atoms with E-state index in [1.165, 1.54) is 6.07 Å². The van der Waals surface area contributed by atoms with Gasteiger partial charge in [0.25, 0.3) is 5.91 Å². The molecule has 1 aliphatic rings. The molecule has 138 valence electrons. The lowest BCUT2D eigenvalue weighted by Gasteiger charge is -2.40. The highest BCUT2D eigenvalue weighted by Gasteiger charge is 2.33. The third-order valence-corrected chi connectivity index (χ3v) is 5.04. The number of amides is 1. The minimum absolute atomic E-state index is 0.0492. The van der Waals surface area contributed by atoms with Gasteiger partial charge in [-0.1, -0.05) is 12.1 Å². The molecule has 1 fully saturated rings. The first-order valence-electron chi connectivity index (χ1n) is 9.03. The third kappa shape index (κ3) is 3.49. The monoisotopic (exact) mass is 356 g/mol. The van der Waals surface area contributed by atoms with Crippen LogP contribution in [0.4, 0.5) is 0 Å². The molecule has 1 aromatic heterocycles. The number of aromatic amines is 1. The number of carbonyl (C=O) groups is 2. The van der Waals surface area contributed by atoms with Gasteiger partial charge in [0, 0.05) is 29.1 Å². The number of carbonyl (C=O) groups excluding carboxylic acids is 2. The predicted octanol–water partition coefficient (Wildman–Crippen LogP) is 2.86. The lowest BCUT2D eigenvalue weighted by atomic mass is 9.97. The van der Waals surface area contributed by atoms with Crippen molar-refractivity contribution in [2.24, 2.45) is 0 Å². The van der Waals surface area contributed by atoms with Crippen LogP contribution in [0, 0.1) is 0 Å². The zero-order chi connectivity index (χ0) is 18.8. The minimum atomic E-state index is -0.902. The summed E-state index contributed by atoms with van der Waals surface area (Å²) in [6, 6.07) is 8.43. The third-order valence-electron chi connectivity index (χ3n) is 5.04. The summed E-state index contributed by atoms with van der Waals surface area (Å²) in [6.07, 6.45) is 2.10. The fraction of sp³-hybridized carbons (Fsp3) is 0.450. The number of benzene rings is 1. The standard InChI is InChI=1S/C20H24N2O4/c1-12-7-6-8-13(2)22(12)19(24)14(3)26-20(25)17-11-18(23)15-9-4-5-10-16(15)21-17/h4-5,9-14H,6-8H2,1-3H3,(H,21,23)/t12-,13-,14+/m0/s1. The number of aromatic nitrogens is 1. The molecule has 26 heavy (non-hydrogen) atoms. The van der Waals surface area contributed by atoms with Crippen molar-refractivity contribution >= 4 is 22.8 Å². The number of pyridine rings is 1. The number of H-pyrrole nitrogens is 1. The highest BCUT2D eigenvalue weighted by Crippen LogP contribution is 2.24. The molecule has 0 unspecified atom stereocenters. The summed E-state index contributed by atoms with van der Waals surface area (Å²) < 4.78 is 5.35. The van der Waals surface area contributed by atoms with Gasteiger partial charge in [0.2, 0.25) is 0 Å². The zero-order valence-corrected chi connectivity index (χ0v) is 15.3. The molecule has 3 rings (SSSR count). The molecule has 6 heteroatoms. The maximum absolute atomic E-state index is 12.7. The van der Waals surface area contributed by atoms with Gasteiger partial charge in [-0.3, -0.25) is 9.59 Å². The molecule has 2 aromatic rings. The first-order chi connectivity index (χ1) is 12.4. The van der Waals surface area contributed by atoms with Crippen LogP contribution in [0.25, 0.3) is 10.9 Å². The van der Waals surface area contributed by atoms with Crippen molar-refractivity contribution in [3.8, 4) is 0 Å². The molecule has 1 N–H and O–H groups in total. The van der Waals surface area contributed by atoms with E-state index in [0.717, 1.165) is 19.3 Å². The topological polar surface area (TPSA) is 79.5 Å². The maximum Gasteiger partial charge on any atom is 0.355 e. The van der Waals surface area contributed by atoms with E-state index in [2.05, 4.69) is 4.98 Å². The Hall–Kier alpha value is -2.63. The molecule has 0 bridgehead atoms. The average Bonchev–Trinajstić information content (AvgIpc) is 2.61. The van der Waals surface area contributed by atoms with Crippen LogP contribution < -0.4 is 5.43 Å². The molecule has 0 aliphatic carbocycles. The predicted molar refractivity (Wildman–Crippen MR) is 99.1 cm³/mol. The number of likely N-dealkylation sites (tertiary alicyclic amines) is 1. The smallest absolute Gasteiger partial charge is 0.355 e. The summed E-state index contributed by atoms with van der Waals surface area (Å²) >= 11 is 0. The van der Waals surface area contributed by atoms with Gasteiger partial charge in [0.15, 0.2) is 11.5 Å². The number of piperidine rings is 1. The van der Waals surface area contributed by atoms with Crippen molar-refractivity contribution in [2.75, 3.05) is 0 Å². The number of nitrogens with zero attached hydrogens (tertiary/aromatic N) is 1. The summed E-state index contributed by atoms with van der Waals surface area (Å²) in [7, 11) is 0. The molecule has 0 saturated carbocycles. The summed E-state index contributed by atoms with van der Waals surface area (Å²) in [4.78, 5) is 42.1. The van der Waals surface area contributed by atoms with E-state index < -0.39 is 12.1 Å². The van der Waals surface area contributed by atoms with E-state index in [0.29, 0.717) is 10.9 Å². The van der Waals surface area contributed by atoms with Crippen molar-refractivity contribution in [1.82, 2.24) is 9.88 Å². The van der Waals surface area contributed by atoms with Crippen LogP contribution in [-0.2, 0) is 9.53 Å². The van der Waals surface area contributed by atoms with E-state index in [1.54, 1.807) is 31.2 Å². The van der Waals surface area contributed by atoms with Crippen LogP contribution in [0.2, 0.25) is 0 Å². The Morgan fingerprint density at radius 1 is 1.19 bits per heavy atom. The van der Waals surface area contributed by atoms with Gasteiger partial charge >= 0.3 is 5.97 Å². The SMILES string of the molecule is C[C@@H](OC(=O)c1cc(=O)c2ccccc2[nH]1)C(=O)N1[C@@H](C)CCC[C@@H]1C. The van der Waals surface area contributed by atoms with Crippen LogP contribution in [0.1, 0.15) is 50.5 Å². The van der Waals surface area contributed by atoms with Gasteiger partial charge in [-0.05, 0) is 52.2 Å². The average molecular weight is 356 g/mol. The number of hydrogen-bond donors (Lipinski definition) is 1. The Morgan fingerprint density at radius 2 is 1.85 bits per heavy atom. The molecule has 1 amide bonds. The summed E-state index contributed by atoms with van der Waals surface area (Å²) in [6.45, 7) is 5.61. The van der Waals surface area contributed by atoms with Crippen molar-refractivity contribution in [2.45, 2.75) is 58.2 Å². The van der Waals surface area contributed by atoms with Gasteiger partial charge in [-0.2, -0.15) is 0 Å². The number of ether oxygens (including phenoxy) is 1. The molecule has 0 radical (unpaired) electrons. The molecule has 2 heterocycles. The molecular formula is C20H24N2O4. The lowest BCUT2D eigenvalue weighted by molar-refractivity contribution is -0.146.